The molecule has 0 aliphatic rings. The molecule has 19 heavy (non-hydrogen) atoms. The second-order valence-corrected chi connectivity index (χ2v) is 4.53. The lowest BCUT2D eigenvalue weighted by atomic mass is 9.94. The van der Waals surface area contributed by atoms with E-state index in [4.69, 9.17) is 5.73 Å². The van der Waals surface area contributed by atoms with Crippen molar-refractivity contribution in [3.05, 3.63) is 71.8 Å². The van der Waals surface area contributed by atoms with E-state index in [0.717, 1.165) is 11.1 Å². The fourth-order valence-corrected chi connectivity index (χ4v) is 2.13. The highest BCUT2D eigenvalue weighted by Crippen LogP contribution is 2.26. The first kappa shape index (κ1) is 13.3. The number of carbonyl (C=O) groups is 1. The van der Waals surface area contributed by atoms with Gasteiger partial charge in [-0.3, -0.25) is 4.79 Å². The van der Waals surface area contributed by atoms with Crippen LogP contribution in [0.1, 0.15) is 30.1 Å². The molecule has 0 radical (unpaired) electrons. The average Bonchev–Trinajstić information content (AvgIpc) is 2.46. The lowest BCUT2D eigenvalue weighted by Gasteiger charge is -2.25. The van der Waals surface area contributed by atoms with Gasteiger partial charge in [0, 0.05) is 6.92 Å². The summed E-state index contributed by atoms with van der Waals surface area (Å²) in [6.07, 6.45) is 0. The molecule has 1 amide bonds. The zero-order chi connectivity index (χ0) is 13.7. The minimum Gasteiger partial charge on any atom is -0.348 e. The van der Waals surface area contributed by atoms with Crippen molar-refractivity contribution in [1.82, 2.24) is 5.32 Å². The summed E-state index contributed by atoms with van der Waals surface area (Å²) in [5, 5.41) is 2.93. The summed E-state index contributed by atoms with van der Waals surface area (Å²) in [4.78, 5) is 11.4. The Kier molecular flexibility index (Phi) is 4.31. The molecule has 0 heterocycles. The van der Waals surface area contributed by atoms with Gasteiger partial charge in [-0.05, 0) is 11.1 Å². The molecule has 98 valence electrons. The number of benzene rings is 2. The maximum Gasteiger partial charge on any atom is 0.217 e. The molecular weight excluding hydrogens is 236 g/mol. The van der Waals surface area contributed by atoms with E-state index in [1.807, 2.05) is 60.7 Å². The van der Waals surface area contributed by atoms with Crippen molar-refractivity contribution in [2.45, 2.75) is 19.0 Å². The van der Waals surface area contributed by atoms with Gasteiger partial charge in [0.2, 0.25) is 5.91 Å². The van der Waals surface area contributed by atoms with Crippen LogP contribution in [0.15, 0.2) is 60.7 Å². The average molecular weight is 254 g/mol. The van der Waals surface area contributed by atoms with E-state index in [1.54, 1.807) is 0 Å². The summed E-state index contributed by atoms with van der Waals surface area (Å²) in [5.74, 6) is -0.0831. The van der Waals surface area contributed by atoms with E-state index in [1.165, 1.54) is 6.92 Å². The molecule has 0 aliphatic carbocycles. The number of carbonyl (C=O) groups excluding carboxylic acids is 1. The predicted octanol–water partition coefficient (Wildman–Crippen LogP) is 2.56. The molecule has 1 unspecified atom stereocenters. The normalized spacial score (nSPS) is 13.6. The SMILES string of the molecule is CC(=O)NC(c1ccccc1)[C@H](N)c1ccccc1. The van der Waals surface area contributed by atoms with Gasteiger partial charge < -0.3 is 11.1 Å². The number of rotatable bonds is 4. The monoisotopic (exact) mass is 254 g/mol. The van der Waals surface area contributed by atoms with E-state index in [-0.39, 0.29) is 18.0 Å². The van der Waals surface area contributed by atoms with Crippen LogP contribution in [0.5, 0.6) is 0 Å². The van der Waals surface area contributed by atoms with Gasteiger partial charge in [-0.2, -0.15) is 0 Å². The van der Waals surface area contributed by atoms with Crippen LogP contribution in [-0.2, 0) is 4.79 Å². The second-order valence-electron chi connectivity index (χ2n) is 4.53. The minimum atomic E-state index is -0.271. The van der Waals surface area contributed by atoms with Gasteiger partial charge in [0.25, 0.3) is 0 Å². The fraction of sp³-hybridized carbons (Fsp3) is 0.188. The summed E-state index contributed by atoms with van der Waals surface area (Å²) in [7, 11) is 0. The van der Waals surface area contributed by atoms with E-state index in [9.17, 15) is 4.79 Å². The molecule has 0 fully saturated rings. The number of hydrogen-bond acceptors (Lipinski definition) is 2. The van der Waals surface area contributed by atoms with Crippen LogP contribution in [-0.4, -0.2) is 5.91 Å². The van der Waals surface area contributed by atoms with Gasteiger partial charge in [0.1, 0.15) is 0 Å². The Morgan fingerprint density at radius 2 is 1.42 bits per heavy atom. The van der Waals surface area contributed by atoms with Gasteiger partial charge >= 0.3 is 0 Å². The molecule has 3 N–H and O–H groups in total. The summed E-state index contributed by atoms with van der Waals surface area (Å²) in [6, 6.07) is 19.1. The number of nitrogens with one attached hydrogen (secondary N) is 1. The Labute approximate surface area is 113 Å². The van der Waals surface area contributed by atoms with Crippen molar-refractivity contribution >= 4 is 5.91 Å². The first-order valence-corrected chi connectivity index (χ1v) is 6.31. The van der Waals surface area contributed by atoms with Crippen molar-refractivity contribution < 1.29 is 4.79 Å². The van der Waals surface area contributed by atoms with Crippen molar-refractivity contribution in [2.75, 3.05) is 0 Å². The zero-order valence-electron chi connectivity index (χ0n) is 10.9. The summed E-state index contributed by atoms with van der Waals surface area (Å²) >= 11 is 0. The largest absolute Gasteiger partial charge is 0.348 e. The molecule has 3 nitrogen and oxygen atoms in total. The molecule has 2 aromatic rings. The molecule has 0 saturated carbocycles. The molecule has 0 saturated heterocycles. The van der Waals surface area contributed by atoms with Crippen LogP contribution in [0.2, 0.25) is 0 Å². The highest BCUT2D eigenvalue weighted by atomic mass is 16.1. The minimum absolute atomic E-state index is 0.0831. The third-order valence-electron chi connectivity index (χ3n) is 3.06. The smallest absolute Gasteiger partial charge is 0.217 e. The van der Waals surface area contributed by atoms with Crippen molar-refractivity contribution in [2.24, 2.45) is 5.73 Å². The molecule has 0 bridgehead atoms. The van der Waals surface area contributed by atoms with Crippen LogP contribution in [0.4, 0.5) is 0 Å². The van der Waals surface area contributed by atoms with Crippen molar-refractivity contribution in [3.63, 3.8) is 0 Å². The lowest BCUT2D eigenvalue weighted by Crippen LogP contribution is -2.34. The predicted molar refractivity (Wildman–Crippen MR) is 76.4 cm³/mol. The van der Waals surface area contributed by atoms with Crippen molar-refractivity contribution in [1.29, 1.82) is 0 Å². The zero-order valence-corrected chi connectivity index (χ0v) is 10.9. The molecule has 2 atom stereocenters. The Morgan fingerprint density at radius 1 is 0.947 bits per heavy atom. The molecule has 0 aromatic heterocycles. The third-order valence-corrected chi connectivity index (χ3v) is 3.06. The molecule has 0 spiro atoms. The molecule has 3 heteroatoms. The second kappa shape index (κ2) is 6.16. The fourth-order valence-electron chi connectivity index (χ4n) is 2.13. The Hall–Kier alpha value is -2.13. The highest BCUT2D eigenvalue weighted by molar-refractivity contribution is 5.73. The van der Waals surface area contributed by atoms with Gasteiger partial charge in [-0.1, -0.05) is 60.7 Å². The number of amides is 1. The topological polar surface area (TPSA) is 55.1 Å². The third kappa shape index (κ3) is 3.42. The van der Waals surface area contributed by atoms with Crippen LogP contribution in [0.25, 0.3) is 0 Å². The Balaban J connectivity index is 2.30. The van der Waals surface area contributed by atoms with Crippen LogP contribution >= 0.6 is 0 Å². The first-order chi connectivity index (χ1) is 9.18. The van der Waals surface area contributed by atoms with E-state index in [2.05, 4.69) is 5.32 Å². The van der Waals surface area contributed by atoms with Crippen molar-refractivity contribution in [3.8, 4) is 0 Å². The van der Waals surface area contributed by atoms with Gasteiger partial charge in [0.05, 0.1) is 12.1 Å². The standard InChI is InChI=1S/C16H18N2O/c1-12(19)18-16(14-10-6-3-7-11-14)15(17)13-8-4-2-5-9-13/h2-11,15-16H,17H2,1H3,(H,18,19)/t15-,16?/m1/s1. The molecule has 2 aromatic carbocycles. The molecule has 2 rings (SSSR count). The summed E-state index contributed by atoms with van der Waals surface area (Å²) in [5.41, 5.74) is 8.32. The van der Waals surface area contributed by atoms with Crippen LogP contribution in [0.3, 0.4) is 0 Å². The van der Waals surface area contributed by atoms with Crippen LogP contribution in [0, 0.1) is 0 Å². The first-order valence-electron chi connectivity index (χ1n) is 6.31. The van der Waals surface area contributed by atoms with E-state index < -0.39 is 0 Å². The van der Waals surface area contributed by atoms with E-state index in [0.29, 0.717) is 0 Å². The highest BCUT2D eigenvalue weighted by Gasteiger charge is 2.21. The maximum absolute atomic E-state index is 11.4. The molecule has 0 aliphatic heterocycles. The van der Waals surface area contributed by atoms with E-state index >= 15 is 0 Å². The number of hydrogen-bond donors (Lipinski definition) is 2. The Morgan fingerprint density at radius 3 is 1.89 bits per heavy atom. The maximum atomic E-state index is 11.4. The lowest BCUT2D eigenvalue weighted by molar-refractivity contribution is -0.119. The quantitative estimate of drug-likeness (QED) is 0.881. The summed E-state index contributed by atoms with van der Waals surface area (Å²) < 4.78 is 0. The van der Waals surface area contributed by atoms with Gasteiger partial charge in [0.15, 0.2) is 0 Å². The number of nitrogens with two attached hydrogens (primary N) is 1. The molecular formula is C16H18N2O. The Bertz CT molecular complexity index is 525. The van der Waals surface area contributed by atoms with Crippen LogP contribution < -0.4 is 11.1 Å². The summed E-state index contributed by atoms with van der Waals surface area (Å²) in [6.45, 7) is 1.51. The van der Waals surface area contributed by atoms with Gasteiger partial charge in [-0.15, -0.1) is 0 Å². The van der Waals surface area contributed by atoms with Gasteiger partial charge in [-0.25, -0.2) is 0 Å².